The molecule has 0 bridgehead atoms. The predicted molar refractivity (Wildman–Crippen MR) is 219 cm³/mol. The van der Waals surface area contributed by atoms with Gasteiger partial charge in [-0.15, -0.1) is 0 Å². The maximum absolute atomic E-state index is 12.3. The highest BCUT2D eigenvalue weighted by atomic mass is 16.6. The molecule has 0 aliphatic rings. The Bertz CT molecular complexity index is 2780. The number of fused-ring (bicyclic) bond motifs is 3. The smallest absolute Gasteiger partial charge is 0.343 e. The van der Waals surface area contributed by atoms with Gasteiger partial charge in [0.15, 0.2) is 5.75 Å². The highest BCUT2D eigenvalue weighted by Gasteiger charge is 2.21. The van der Waals surface area contributed by atoms with E-state index >= 15 is 0 Å². The van der Waals surface area contributed by atoms with Crippen molar-refractivity contribution < 1.29 is 38.4 Å². The molecule has 316 valence electrons. The number of hydrogen-bond donors (Lipinski definition) is 2. The molecule has 6 aromatic heterocycles. The summed E-state index contributed by atoms with van der Waals surface area (Å²) < 4.78 is 19.6. The third-order valence-corrected chi connectivity index (χ3v) is 8.58. The van der Waals surface area contributed by atoms with Gasteiger partial charge < -0.3 is 38.5 Å². The van der Waals surface area contributed by atoms with Gasteiger partial charge in [-0.2, -0.15) is 5.90 Å². The highest BCUT2D eigenvalue weighted by Crippen LogP contribution is 2.18. The lowest BCUT2D eigenvalue weighted by molar-refractivity contribution is -0.385. The van der Waals surface area contributed by atoms with Crippen molar-refractivity contribution in [1.29, 1.82) is 0 Å². The van der Waals surface area contributed by atoms with Crippen LogP contribution in [0.5, 0.6) is 5.75 Å². The molecule has 4 N–H and O–H groups in total. The van der Waals surface area contributed by atoms with E-state index in [1.165, 1.54) is 43.1 Å². The maximum atomic E-state index is 12.3. The second-order valence-electron chi connectivity index (χ2n) is 12.3. The van der Waals surface area contributed by atoms with Crippen molar-refractivity contribution in [1.82, 2.24) is 28.7 Å². The van der Waals surface area contributed by atoms with Crippen LogP contribution in [-0.2, 0) is 33.8 Å². The van der Waals surface area contributed by atoms with Crippen LogP contribution >= 0.6 is 0 Å². The summed E-state index contributed by atoms with van der Waals surface area (Å²) in [4.78, 5) is 99.3. The third-order valence-electron chi connectivity index (χ3n) is 8.58. The summed E-state index contributed by atoms with van der Waals surface area (Å²) in [7, 11) is 0. The lowest BCUT2D eigenvalue weighted by atomic mass is 10.2. The van der Waals surface area contributed by atoms with Crippen LogP contribution in [0.3, 0.4) is 0 Å². The molecule has 0 aliphatic heterocycles. The molecule has 0 spiro atoms. The number of nitrogens with zero attached hydrogens (tertiary/aromatic N) is 7. The van der Waals surface area contributed by atoms with Crippen LogP contribution in [0.1, 0.15) is 72.6 Å². The quantitative estimate of drug-likeness (QED) is 0.0817. The molecule has 0 saturated heterocycles. The van der Waals surface area contributed by atoms with Gasteiger partial charge in [0.2, 0.25) is 16.3 Å². The van der Waals surface area contributed by atoms with E-state index in [2.05, 4.69) is 19.8 Å². The van der Waals surface area contributed by atoms with Crippen molar-refractivity contribution in [3.05, 3.63) is 113 Å². The summed E-state index contributed by atoms with van der Waals surface area (Å²) in [6, 6.07) is 4.11. The first-order valence-electron chi connectivity index (χ1n) is 18.6. The van der Waals surface area contributed by atoms with Crippen molar-refractivity contribution in [2.24, 2.45) is 5.90 Å². The van der Waals surface area contributed by atoms with Crippen LogP contribution in [0.4, 0.5) is 11.4 Å². The molecular weight excluding hydrogens is 786 g/mol. The molecule has 0 fully saturated rings. The number of pyridine rings is 6. The van der Waals surface area contributed by atoms with Crippen molar-refractivity contribution in [3.63, 3.8) is 0 Å². The van der Waals surface area contributed by atoms with Gasteiger partial charge in [-0.3, -0.25) is 24.5 Å². The lowest BCUT2D eigenvalue weighted by Gasteiger charge is -2.10. The maximum Gasteiger partial charge on any atom is 0.343 e. The Morgan fingerprint density at radius 1 is 0.617 bits per heavy atom. The zero-order valence-electron chi connectivity index (χ0n) is 33.6. The standard InChI is InChI=1S/C13H13N3O5.C13H15N3O4.C13H15N3O3/c1-3-15-7-10(13(18)21-4-2)11(17)9-5-8(16(19)20)6-14-12(9)15;1-3-16-7-10(13(18)19-4-2)11(17)9-5-8(20-14)6-15-12(9)16;1-3-16-7-10(13(18)19-4-2)11(17)9-5-8(14)6-15-12(9)16/h5-7H,3-4H2,1-2H3;5-7H,3-4,14H2,1-2H3;5-7H,3-4,14H2,1-2H3. The van der Waals surface area contributed by atoms with Crippen molar-refractivity contribution in [2.45, 2.75) is 61.2 Å². The van der Waals surface area contributed by atoms with Crippen LogP contribution in [0.2, 0.25) is 0 Å². The number of esters is 3. The van der Waals surface area contributed by atoms with Crippen LogP contribution in [-0.4, -0.2) is 71.3 Å². The van der Waals surface area contributed by atoms with Gasteiger partial charge in [0.25, 0.3) is 5.69 Å². The fraction of sp³-hybridized carbons (Fsp3) is 0.308. The molecule has 0 atom stereocenters. The Morgan fingerprint density at radius 3 is 1.35 bits per heavy atom. The molecular formula is C39H43N9O12. The van der Waals surface area contributed by atoms with Gasteiger partial charge in [0.1, 0.15) is 39.8 Å². The van der Waals surface area contributed by atoms with Crippen LogP contribution in [0, 0.1) is 10.1 Å². The summed E-state index contributed by atoms with van der Waals surface area (Å²) in [5.41, 5.74) is 5.33. The molecule has 0 radical (unpaired) electrons. The third kappa shape index (κ3) is 9.76. The Labute approximate surface area is 340 Å². The number of aryl methyl sites for hydroxylation is 3. The average molecular weight is 830 g/mol. The number of rotatable bonds is 11. The second kappa shape index (κ2) is 20.2. The first-order valence-corrected chi connectivity index (χ1v) is 18.6. The Hall–Kier alpha value is -7.55. The van der Waals surface area contributed by atoms with Crippen molar-refractivity contribution in [2.75, 3.05) is 25.6 Å². The number of carbonyl (C=O) groups is 3. The molecule has 0 aliphatic carbocycles. The summed E-state index contributed by atoms with van der Waals surface area (Å²) in [6.45, 7) is 12.7. The van der Waals surface area contributed by atoms with Gasteiger partial charge in [-0.25, -0.2) is 29.3 Å². The second-order valence-corrected chi connectivity index (χ2v) is 12.3. The number of anilines is 1. The highest BCUT2D eigenvalue weighted by molar-refractivity contribution is 5.95. The fourth-order valence-corrected chi connectivity index (χ4v) is 5.76. The largest absolute Gasteiger partial charge is 0.462 e. The van der Waals surface area contributed by atoms with E-state index in [1.807, 2.05) is 20.8 Å². The Morgan fingerprint density at radius 2 is 0.983 bits per heavy atom. The molecule has 0 unspecified atom stereocenters. The fourth-order valence-electron chi connectivity index (χ4n) is 5.76. The predicted octanol–water partition coefficient (Wildman–Crippen LogP) is 3.52. The number of nitrogen functional groups attached to an aromatic ring is 1. The summed E-state index contributed by atoms with van der Waals surface area (Å²) in [5.74, 6) is 3.29. The lowest BCUT2D eigenvalue weighted by Crippen LogP contribution is -2.21. The molecule has 6 aromatic rings. The van der Waals surface area contributed by atoms with E-state index in [1.54, 1.807) is 34.5 Å². The molecule has 0 amide bonds. The SMILES string of the molecule is CCOC(=O)c1cn(CC)c2ncc(N)cc2c1=O.CCOC(=O)c1cn(CC)c2ncc(ON)cc2c1=O.CCOC(=O)c1cn(CC)c2ncc([N+](=O)[O-])cc2c1=O. The normalized spacial score (nSPS) is 10.6. The minimum Gasteiger partial charge on any atom is -0.462 e. The number of nitro groups is 1. The van der Waals surface area contributed by atoms with E-state index in [0.717, 1.165) is 12.3 Å². The van der Waals surface area contributed by atoms with Crippen LogP contribution in [0.15, 0.2) is 69.8 Å². The zero-order valence-corrected chi connectivity index (χ0v) is 33.6. The number of aromatic nitrogens is 6. The van der Waals surface area contributed by atoms with Gasteiger partial charge in [-0.1, -0.05) is 0 Å². The summed E-state index contributed by atoms with van der Waals surface area (Å²) >= 11 is 0. The zero-order chi connectivity index (χ0) is 44.3. The first kappa shape index (κ1) is 45.2. The molecule has 21 nitrogen and oxygen atoms in total. The van der Waals surface area contributed by atoms with E-state index in [4.69, 9.17) is 25.8 Å². The molecule has 6 rings (SSSR count). The Balaban J connectivity index is 0.000000199. The minimum atomic E-state index is -0.752. The van der Waals surface area contributed by atoms with Crippen molar-refractivity contribution >= 4 is 62.4 Å². The number of hydrogen-bond acceptors (Lipinski definition) is 17. The van der Waals surface area contributed by atoms with E-state index < -0.39 is 39.1 Å². The molecule has 0 aromatic carbocycles. The van der Waals surface area contributed by atoms with Gasteiger partial charge in [0.05, 0.1) is 59.0 Å². The van der Waals surface area contributed by atoms with E-state index in [0.29, 0.717) is 47.6 Å². The molecule has 60 heavy (non-hydrogen) atoms. The van der Waals surface area contributed by atoms with E-state index in [-0.39, 0.29) is 58.7 Å². The molecule has 0 saturated carbocycles. The first-order chi connectivity index (χ1) is 28.7. The molecule has 6 heterocycles. The van der Waals surface area contributed by atoms with Crippen molar-refractivity contribution in [3.8, 4) is 5.75 Å². The summed E-state index contributed by atoms with van der Waals surface area (Å²) in [6.07, 6.45) is 8.28. The van der Waals surface area contributed by atoms with Gasteiger partial charge in [0, 0.05) is 44.3 Å². The number of carbonyl (C=O) groups excluding carboxylic acids is 3. The van der Waals surface area contributed by atoms with Gasteiger partial charge in [-0.05, 0) is 53.7 Å². The Kier molecular flexibility index (Phi) is 15.2. The number of ether oxygens (including phenoxy) is 3. The van der Waals surface area contributed by atoms with E-state index in [9.17, 15) is 38.9 Å². The topological polar surface area (TPSA) is 288 Å². The minimum absolute atomic E-state index is 0.00333. The van der Waals surface area contributed by atoms with Crippen LogP contribution < -0.4 is 32.8 Å². The average Bonchev–Trinajstić information content (AvgIpc) is 3.24. The monoisotopic (exact) mass is 829 g/mol. The summed E-state index contributed by atoms with van der Waals surface area (Å²) in [5, 5.41) is 11.4. The molecule has 21 heteroatoms. The number of nitrogens with two attached hydrogens (primary N) is 2. The van der Waals surface area contributed by atoms with Gasteiger partial charge >= 0.3 is 17.9 Å². The van der Waals surface area contributed by atoms with Crippen LogP contribution in [0.25, 0.3) is 33.1 Å².